The van der Waals surface area contributed by atoms with Gasteiger partial charge >= 0.3 is 0 Å². The first kappa shape index (κ1) is 17.4. The Morgan fingerprint density at radius 3 is 3.00 bits per heavy atom. The summed E-state index contributed by atoms with van der Waals surface area (Å²) < 4.78 is 7.60. The summed E-state index contributed by atoms with van der Waals surface area (Å²) >= 11 is 0. The number of fused-ring (bicyclic) bond motifs is 1. The Labute approximate surface area is 146 Å². The SMILES string of the molecule is CN(C)CCOC[C@H]1CN(C(=O)c2ccncn2)Cc2nnn(C)c21. The quantitative estimate of drug-likeness (QED) is 0.677. The molecule has 3 heterocycles. The second-order valence-electron chi connectivity index (χ2n) is 6.40. The van der Waals surface area contributed by atoms with E-state index < -0.39 is 0 Å². The molecule has 0 bridgehead atoms. The summed E-state index contributed by atoms with van der Waals surface area (Å²) in [4.78, 5) is 24.5. The molecule has 0 saturated heterocycles. The van der Waals surface area contributed by atoms with E-state index in [2.05, 4.69) is 25.2 Å². The largest absolute Gasteiger partial charge is 0.379 e. The van der Waals surface area contributed by atoms with E-state index in [0.717, 1.165) is 17.9 Å². The number of aryl methyl sites for hydroxylation is 1. The van der Waals surface area contributed by atoms with Crippen molar-refractivity contribution in [3.63, 3.8) is 0 Å². The van der Waals surface area contributed by atoms with Gasteiger partial charge in [-0.1, -0.05) is 5.21 Å². The lowest BCUT2D eigenvalue weighted by Gasteiger charge is -2.32. The van der Waals surface area contributed by atoms with Gasteiger partial charge in [-0.05, 0) is 20.2 Å². The maximum atomic E-state index is 12.7. The molecule has 0 N–H and O–H groups in total. The lowest BCUT2D eigenvalue weighted by atomic mass is 9.98. The van der Waals surface area contributed by atoms with E-state index in [1.165, 1.54) is 6.33 Å². The first-order valence-electron chi connectivity index (χ1n) is 8.22. The molecule has 2 aromatic rings. The third-order valence-electron chi connectivity index (χ3n) is 4.20. The molecule has 1 aliphatic heterocycles. The molecule has 0 fully saturated rings. The van der Waals surface area contributed by atoms with E-state index in [4.69, 9.17) is 4.74 Å². The lowest BCUT2D eigenvalue weighted by Crippen LogP contribution is -2.40. The molecular weight excluding hydrogens is 322 g/mol. The van der Waals surface area contributed by atoms with Gasteiger partial charge in [0.15, 0.2) is 0 Å². The van der Waals surface area contributed by atoms with Gasteiger partial charge in [0.1, 0.15) is 17.7 Å². The molecule has 0 aliphatic carbocycles. The van der Waals surface area contributed by atoms with Crippen molar-refractivity contribution in [2.75, 3.05) is 40.4 Å². The Kier molecular flexibility index (Phi) is 5.34. The Bertz CT molecular complexity index is 717. The van der Waals surface area contributed by atoms with Crippen LogP contribution in [0.1, 0.15) is 27.8 Å². The Balaban J connectivity index is 1.73. The van der Waals surface area contributed by atoms with Crippen LogP contribution in [-0.4, -0.2) is 81.1 Å². The number of likely N-dealkylation sites (N-methyl/N-ethyl adjacent to an activating group) is 1. The third kappa shape index (κ3) is 3.99. The van der Waals surface area contributed by atoms with Crippen LogP contribution in [0.3, 0.4) is 0 Å². The van der Waals surface area contributed by atoms with Crippen molar-refractivity contribution in [2.24, 2.45) is 7.05 Å². The maximum Gasteiger partial charge on any atom is 0.272 e. The molecule has 2 aromatic heterocycles. The molecule has 9 heteroatoms. The monoisotopic (exact) mass is 345 g/mol. The van der Waals surface area contributed by atoms with E-state index in [1.54, 1.807) is 21.8 Å². The summed E-state index contributed by atoms with van der Waals surface area (Å²) in [6.07, 6.45) is 2.95. The third-order valence-corrected chi connectivity index (χ3v) is 4.20. The molecule has 0 saturated carbocycles. The molecule has 1 atom stereocenters. The fourth-order valence-electron chi connectivity index (χ4n) is 2.96. The molecule has 0 radical (unpaired) electrons. The number of ether oxygens (including phenoxy) is 1. The predicted molar refractivity (Wildman–Crippen MR) is 89.9 cm³/mol. The van der Waals surface area contributed by atoms with Crippen LogP contribution in [0, 0.1) is 0 Å². The number of aromatic nitrogens is 5. The molecule has 134 valence electrons. The first-order valence-corrected chi connectivity index (χ1v) is 8.22. The van der Waals surface area contributed by atoms with Crippen LogP contribution in [0.5, 0.6) is 0 Å². The highest BCUT2D eigenvalue weighted by molar-refractivity contribution is 5.92. The minimum Gasteiger partial charge on any atom is -0.379 e. The predicted octanol–water partition coefficient (Wildman–Crippen LogP) is -0.0771. The van der Waals surface area contributed by atoms with Crippen molar-refractivity contribution in [1.82, 2.24) is 34.8 Å². The summed E-state index contributed by atoms with van der Waals surface area (Å²) in [7, 11) is 5.89. The van der Waals surface area contributed by atoms with Crippen LogP contribution in [0.2, 0.25) is 0 Å². The molecule has 1 aliphatic rings. The second-order valence-corrected chi connectivity index (χ2v) is 6.40. The van der Waals surface area contributed by atoms with E-state index in [0.29, 0.717) is 32.0 Å². The van der Waals surface area contributed by atoms with Crippen molar-refractivity contribution in [1.29, 1.82) is 0 Å². The standard InChI is InChI=1S/C16H23N7O2/c1-21(2)6-7-25-10-12-8-23(9-14-15(12)22(3)20-19-14)16(24)13-4-5-17-11-18-13/h4-5,11-12H,6-10H2,1-3H3/t12-/m1/s1. The zero-order valence-corrected chi connectivity index (χ0v) is 14.8. The van der Waals surface area contributed by atoms with Gasteiger partial charge in [0.2, 0.25) is 0 Å². The van der Waals surface area contributed by atoms with Crippen LogP contribution in [-0.2, 0) is 18.3 Å². The van der Waals surface area contributed by atoms with E-state index >= 15 is 0 Å². The average molecular weight is 345 g/mol. The number of hydrogen-bond donors (Lipinski definition) is 0. The van der Waals surface area contributed by atoms with Gasteiger partial charge in [-0.2, -0.15) is 0 Å². The number of hydrogen-bond acceptors (Lipinski definition) is 7. The van der Waals surface area contributed by atoms with Crippen LogP contribution in [0.25, 0.3) is 0 Å². The Hall–Kier alpha value is -2.39. The number of nitrogens with zero attached hydrogens (tertiary/aromatic N) is 7. The topological polar surface area (TPSA) is 89.3 Å². The van der Waals surface area contributed by atoms with Crippen molar-refractivity contribution >= 4 is 5.91 Å². The maximum absolute atomic E-state index is 12.7. The number of amides is 1. The van der Waals surface area contributed by atoms with E-state index in [-0.39, 0.29) is 11.8 Å². The van der Waals surface area contributed by atoms with Gasteiger partial charge in [-0.15, -0.1) is 5.10 Å². The van der Waals surface area contributed by atoms with Gasteiger partial charge in [-0.3, -0.25) is 9.48 Å². The van der Waals surface area contributed by atoms with Gasteiger partial charge in [0.25, 0.3) is 5.91 Å². The number of carbonyl (C=O) groups is 1. The highest BCUT2D eigenvalue weighted by Gasteiger charge is 2.33. The molecule has 0 aromatic carbocycles. The zero-order valence-electron chi connectivity index (χ0n) is 14.8. The van der Waals surface area contributed by atoms with Crippen LogP contribution in [0.4, 0.5) is 0 Å². The second kappa shape index (κ2) is 7.66. The average Bonchev–Trinajstić information content (AvgIpc) is 2.99. The van der Waals surface area contributed by atoms with Crippen molar-refractivity contribution in [2.45, 2.75) is 12.5 Å². The fourth-order valence-corrected chi connectivity index (χ4v) is 2.96. The number of rotatable bonds is 6. The van der Waals surface area contributed by atoms with Crippen LogP contribution in [0.15, 0.2) is 18.6 Å². The minimum absolute atomic E-state index is 0.0386. The Morgan fingerprint density at radius 2 is 2.28 bits per heavy atom. The van der Waals surface area contributed by atoms with Gasteiger partial charge in [0.05, 0.1) is 25.5 Å². The lowest BCUT2D eigenvalue weighted by molar-refractivity contribution is 0.0608. The summed E-state index contributed by atoms with van der Waals surface area (Å²) in [5, 5.41) is 8.32. The normalized spacial score (nSPS) is 17.0. The van der Waals surface area contributed by atoms with Crippen molar-refractivity contribution < 1.29 is 9.53 Å². The molecular formula is C16H23N7O2. The van der Waals surface area contributed by atoms with E-state index in [1.807, 2.05) is 21.1 Å². The van der Waals surface area contributed by atoms with Crippen molar-refractivity contribution in [3.05, 3.63) is 35.7 Å². The molecule has 1 amide bonds. The highest BCUT2D eigenvalue weighted by Crippen LogP contribution is 2.27. The number of carbonyl (C=O) groups excluding carboxylic acids is 1. The Morgan fingerprint density at radius 1 is 1.44 bits per heavy atom. The molecule has 3 rings (SSSR count). The van der Waals surface area contributed by atoms with Gasteiger partial charge < -0.3 is 14.5 Å². The summed E-state index contributed by atoms with van der Waals surface area (Å²) in [6.45, 7) is 3.01. The van der Waals surface area contributed by atoms with Gasteiger partial charge in [-0.25, -0.2) is 9.97 Å². The summed E-state index contributed by atoms with van der Waals surface area (Å²) in [5.41, 5.74) is 2.24. The van der Waals surface area contributed by atoms with Gasteiger partial charge in [0, 0.05) is 32.3 Å². The van der Waals surface area contributed by atoms with Crippen LogP contribution >= 0.6 is 0 Å². The highest BCUT2D eigenvalue weighted by atomic mass is 16.5. The van der Waals surface area contributed by atoms with Crippen molar-refractivity contribution in [3.8, 4) is 0 Å². The fraction of sp³-hybridized carbons (Fsp3) is 0.562. The zero-order chi connectivity index (χ0) is 17.8. The molecule has 0 spiro atoms. The molecule has 0 unspecified atom stereocenters. The van der Waals surface area contributed by atoms with E-state index in [9.17, 15) is 4.79 Å². The van der Waals surface area contributed by atoms with Crippen LogP contribution < -0.4 is 0 Å². The molecule has 25 heavy (non-hydrogen) atoms. The smallest absolute Gasteiger partial charge is 0.272 e. The first-order chi connectivity index (χ1) is 12.1. The molecule has 9 nitrogen and oxygen atoms in total. The minimum atomic E-state index is -0.128. The summed E-state index contributed by atoms with van der Waals surface area (Å²) in [6, 6.07) is 1.62. The summed E-state index contributed by atoms with van der Waals surface area (Å²) in [5.74, 6) is -0.0892.